The second-order valence-corrected chi connectivity index (χ2v) is 6.66. The van der Waals surface area contributed by atoms with Gasteiger partial charge in [-0.3, -0.25) is 4.79 Å². The van der Waals surface area contributed by atoms with Crippen LogP contribution in [0.4, 0.5) is 4.39 Å². The number of aromatic nitrogens is 2. The lowest BCUT2D eigenvalue weighted by atomic mass is 10.1. The van der Waals surface area contributed by atoms with E-state index in [1.807, 2.05) is 6.20 Å². The fraction of sp³-hybridized carbons (Fsp3) is 0.158. The van der Waals surface area contributed by atoms with E-state index in [0.717, 1.165) is 16.4 Å². The molecule has 0 atom stereocenters. The molecule has 4 nitrogen and oxygen atoms in total. The van der Waals surface area contributed by atoms with Crippen molar-refractivity contribution in [3.8, 4) is 11.3 Å². The van der Waals surface area contributed by atoms with Crippen molar-refractivity contribution in [1.29, 1.82) is 0 Å². The molecule has 0 aliphatic rings. The van der Waals surface area contributed by atoms with E-state index >= 15 is 0 Å². The van der Waals surface area contributed by atoms with Gasteiger partial charge in [0, 0.05) is 17.9 Å². The molecule has 1 heterocycles. The van der Waals surface area contributed by atoms with Gasteiger partial charge in [-0.2, -0.15) is 0 Å². The molecule has 2 N–H and O–H groups in total. The molecule has 0 radical (unpaired) electrons. The van der Waals surface area contributed by atoms with Gasteiger partial charge in [0.25, 0.3) is 5.91 Å². The van der Waals surface area contributed by atoms with E-state index in [-0.39, 0.29) is 11.7 Å². The van der Waals surface area contributed by atoms with Crippen molar-refractivity contribution in [2.75, 3.05) is 12.3 Å². The van der Waals surface area contributed by atoms with E-state index in [1.165, 1.54) is 41.6 Å². The van der Waals surface area contributed by atoms with Gasteiger partial charge in [0.05, 0.1) is 11.9 Å². The predicted molar refractivity (Wildman–Crippen MR) is 98.2 cm³/mol. The van der Waals surface area contributed by atoms with Gasteiger partial charge in [-0.25, -0.2) is 9.37 Å². The summed E-state index contributed by atoms with van der Waals surface area (Å²) >= 11 is 1.54. The fourth-order valence-corrected chi connectivity index (χ4v) is 2.98. The number of aryl methyl sites for hydroxylation is 1. The van der Waals surface area contributed by atoms with E-state index in [2.05, 4.69) is 46.5 Å². The van der Waals surface area contributed by atoms with E-state index < -0.39 is 0 Å². The summed E-state index contributed by atoms with van der Waals surface area (Å²) in [5, 5.41) is 3.62. The molecule has 1 amide bonds. The van der Waals surface area contributed by atoms with Crippen LogP contribution in [0.15, 0.2) is 59.9 Å². The molecule has 2 aromatic carbocycles. The number of hydrogen-bond acceptors (Lipinski definition) is 3. The van der Waals surface area contributed by atoms with E-state index in [9.17, 15) is 9.18 Å². The first-order valence-electron chi connectivity index (χ1n) is 7.90. The highest BCUT2D eigenvalue weighted by atomic mass is 32.2. The average Bonchev–Trinajstić information content (AvgIpc) is 3.09. The first-order valence-corrected chi connectivity index (χ1v) is 8.89. The maximum Gasteiger partial charge on any atom is 0.251 e. The van der Waals surface area contributed by atoms with Gasteiger partial charge in [0.15, 0.2) is 5.16 Å². The van der Waals surface area contributed by atoms with Crippen LogP contribution >= 0.6 is 11.8 Å². The lowest BCUT2D eigenvalue weighted by Gasteiger charge is -2.04. The molecule has 3 aromatic rings. The highest BCUT2D eigenvalue weighted by Crippen LogP contribution is 2.21. The van der Waals surface area contributed by atoms with Gasteiger partial charge in [0.1, 0.15) is 5.82 Å². The molecule has 0 fully saturated rings. The Bertz CT molecular complexity index is 844. The molecule has 0 aliphatic carbocycles. The number of aromatic amines is 1. The highest BCUT2D eigenvalue weighted by molar-refractivity contribution is 7.99. The van der Waals surface area contributed by atoms with Crippen molar-refractivity contribution in [2.45, 2.75) is 12.1 Å². The summed E-state index contributed by atoms with van der Waals surface area (Å²) in [6, 6.07) is 13.7. The third-order valence-corrected chi connectivity index (χ3v) is 4.54. The van der Waals surface area contributed by atoms with Gasteiger partial charge in [-0.1, -0.05) is 41.6 Å². The number of thioether (sulfide) groups is 1. The lowest BCUT2D eigenvalue weighted by Crippen LogP contribution is -2.25. The Hall–Kier alpha value is -2.60. The summed E-state index contributed by atoms with van der Waals surface area (Å²) in [5.74, 6) is 0.128. The largest absolute Gasteiger partial charge is 0.351 e. The molecule has 0 saturated carbocycles. The molecular formula is C19H18FN3OS. The van der Waals surface area contributed by atoms with Gasteiger partial charge < -0.3 is 10.3 Å². The van der Waals surface area contributed by atoms with Gasteiger partial charge in [-0.05, 0) is 36.8 Å². The molecule has 0 aliphatic heterocycles. The fourth-order valence-electron chi connectivity index (χ4n) is 2.27. The number of imidazole rings is 1. The molecule has 3 rings (SSSR count). The Labute approximate surface area is 149 Å². The van der Waals surface area contributed by atoms with Crippen molar-refractivity contribution >= 4 is 17.7 Å². The number of halogens is 1. The number of nitrogens with one attached hydrogen (secondary N) is 2. The van der Waals surface area contributed by atoms with Crippen LogP contribution in [0.3, 0.4) is 0 Å². The molecule has 0 unspecified atom stereocenters. The Balaban J connectivity index is 1.47. The minimum Gasteiger partial charge on any atom is -0.351 e. The Morgan fingerprint density at radius 2 is 1.88 bits per heavy atom. The minimum atomic E-state index is -0.352. The summed E-state index contributed by atoms with van der Waals surface area (Å²) in [5.41, 5.74) is 3.73. The zero-order valence-electron chi connectivity index (χ0n) is 13.8. The van der Waals surface area contributed by atoms with Crippen molar-refractivity contribution < 1.29 is 9.18 Å². The molecule has 6 heteroatoms. The number of benzene rings is 2. The average molecular weight is 355 g/mol. The monoisotopic (exact) mass is 355 g/mol. The molecule has 128 valence electrons. The Morgan fingerprint density at radius 1 is 1.16 bits per heavy atom. The Morgan fingerprint density at radius 3 is 2.60 bits per heavy atom. The molecule has 0 saturated heterocycles. The van der Waals surface area contributed by atoms with Crippen LogP contribution in [-0.2, 0) is 0 Å². The zero-order valence-corrected chi connectivity index (χ0v) is 14.6. The second-order valence-electron chi connectivity index (χ2n) is 5.58. The summed E-state index contributed by atoms with van der Waals surface area (Å²) in [6.07, 6.45) is 1.81. The Kier molecular flexibility index (Phi) is 5.50. The van der Waals surface area contributed by atoms with Crippen molar-refractivity contribution in [1.82, 2.24) is 15.3 Å². The number of rotatable bonds is 6. The molecule has 0 spiro atoms. The van der Waals surface area contributed by atoms with Crippen molar-refractivity contribution in [3.05, 3.63) is 71.7 Å². The number of hydrogen-bond donors (Lipinski definition) is 2. The first-order chi connectivity index (χ1) is 12.1. The smallest absolute Gasteiger partial charge is 0.251 e. The summed E-state index contributed by atoms with van der Waals surface area (Å²) in [6.45, 7) is 2.56. The molecule has 25 heavy (non-hydrogen) atoms. The summed E-state index contributed by atoms with van der Waals surface area (Å²) < 4.78 is 12.8. The van der Waals surface area contributed by atoms with E-state index in [1.54, 1.807) is 0 Å². The minimum absolute atomic E-state index is 0.208. The van der Waals surface area contributed by atoms with Crippen molar-refractivity contribution in [3.63, 3.8) is 0 Å². The van der Waals surface area contributed by atoms with Gasteiger partial charge >= 0.3 is 0 Å². The van der Waals surface area contributed by atoms with Crippen LogP contribution in [0.2, 0.25) is 0 Å². The van der Waals surface area contributed by atoms with Crippen molar-refractivity contribution in [2.24, 2.45) is 0 Å². The zero-order chi connectivity index (χ0) is 17.6. The second kappa shape index (κ2) is 7.98. The number of carbonyl (C=O) groups is 1. The maximum atomic E-state index is 12.8. The number of H-pyrrole nitrogens is 1. The summed E-state index contributed by atoms with van der Waals surface area (Å²) in [7, 11) is 0. The van der Waals surface area contributed by atoms with Crippen LogP contribution < -0.4 is 5.32 Å². The van der Waals surface area contributed by atoms with Crippen LogP contribution in [0.5, 0.6) is 0 Å². The maximum absolute atomic E-state index is 12.8. The standard InChI is InChI=1S/C19H18FN3OS/c1-13-2-4-14(5-3-13)17-12-22-19(23-17)25-11-10-21-18(24)15-6-8-16(20)9-7-15/h2-9,12H,10-11H2,1H3,(H,21,24)(H,22,23). The van der Waals surface area contributed by atoms with E-state index in [0.29, 0.717) is 17.9 Å². The number of carbonyl (C=O) groups excluding carboxylic acids is 1. The molecule has 1 aromatic heterocycles. The third-order valence-electron chi connectivity index (χ3n) is 3.65. The normalized spacial score (nSPS) is 10.6. The van der Waals surface area contributed by atoms with Crippen LogP contribution in [0.25, 0.3) is 11.3 Å². The third kappa shape index (κ3) is 4.70. The predicted octanol–water partition coefficient (Wildman–Crippen LogP) is 4.05. The highest BCUT2D eigenvalue weighted by Gasteiger charge is 2.06. The molecular weight excluding hydrogens is 337 g/mol. The molecule has 0 bridgehead atoms. The number of amides is 1. The van der Waals surface area contributed by atoms with Crippen LogP contribution in [0, 0.1) is 12.7 Å². The SMILES string of the molecule is Cc1ccc(-c2cnc(SCCNC(=O)c3ccc(F)cc3)[nH]2)cc1. The van der Waals surface area contributed by atoms with E-state index in [4.69, 9.17) is 0 Å². The van der Waals surface area contributed by atoms with Gasteiger partial charge in [0.2, 0.25) is 0 Å². The quantitative estimate of drug-likeness (QED) is 0.518. The van der Waals surface area contributed by atoms with Gasteiger partial charge in [-0.15, -0.1) is 0 Å². The van der Waals surface area contributed by atoms with Crippen LogP contribution in [0.1, 0.15) is 15.9 Å². The lowest BCUT2D eigenvalue weighted by molar-refractivity contribution is 0.0956. The summed E-state index contributed by atoms with van der Waals surface area (Å²) in [4.78, 5) is 19.5. The van der Waals surface area contributed by atoms with Crippen LogP contribution in [-0.4, -0.2) is 28.2 Å². The number of nitrogens with zero attached hydrogens (tertiary/aromatic N) is 1. The topological polar surface area (TPSA) is 57.8 Å². The first kappa shape index (κ1) is 17.2.